The smallest absolute Gasteiger partial charge is 0.338 e. The van der Waals surface area contributed by atoms with Crippen LogP contribution in [0.25, 0.3) is 11.1 Å². The van der Waals surface area contributed by atoms with Crippen molar-refractivity contribution in [1.29, 1.82) is 0 Å². The summed E-state index contributed by atoms with van der Waals surface area (Å²) in [7, 11) is 0. The Hall–Kier alpha value is -2.23. The molecule has 0 saturated heterocycles. The van der Waals surface area contributed by atoms with Gasteiger partial charge in [0, 0.05) is 0 Å². The van der Waals surface area contributed by atoms with Gasteiger partial charge >= 0.3 is 5.97 Å². The molecule has 0 aromatic heterocycles. The van der Waals surface area contributed by atoms with E-state index in [-0.39, 0.29) is 0 Å². The van der Waals surface area contributed by atoms with Crippen molar-refractivity contribution in [2.45, 2.75) is 6.92 Å². The van der Waals surface area contributed by atoms with Crippen LogP contribution in [0.5, 0.6) is 0 Å². The SMILES string of the molecule is CCOC(=O)c1ccc(-c2ccc(F)c(F)c2)cc1. The summed E-state index contributed by atoms with van der Waals surface area (Å²) >= 11 is 0. The second kappa shape index (κ2) is 5.61. The lowest BCUT2D eigenvalue weighted by atomic mass is 10.0. The van der Waals surface area contributed by atoms with Gasteiger partial charge in [-0.1, -0.05) is 18.2 Å². The van der Waals surface area contributed by atoms with Gasteiger partial charge in [-0.25, -0.2) is 13.6 Å². The van der Waals surface area contributed by atoms with E-state index in [0.29, 0.717) is 23.3 Å². The van der Waals surface area contributed by atoms with Gasteiger partial charge in [-0.15, -0.1) is 0 Å². The average Bonchev–Trinajstić information content (AvgIpc) is 2.42. The first-order valence-electron chi connectivity index (χ1n) is 5.84. The Labute approximate surface area is 109 Å². The zero-order chi connectivity index (χ0) is 13.8. The molecule has 0 atom stereocenters. The minimum Gasteiger partial charge on any atom is -0.462 e. The summed E-state index contributed by atoms with van der Waals surface area (Å²) < 4.78 is 30.8. The number of esters is 1. The van der Waals surface area contributed by atoms with E-state index >= 15 is 0 Å². The van der Waals surface area contributed by atoms with E-state index in [0.717, 1.165) is 12.1 Å². The zero-order valence-corrected chi connectivity index (χ0v) is 10.3. The molecule has 0 spiro atoms. The summed E-state index contributed by atoms with van der Waals surface area (Å²) in [5.74, 6) is -2.18. The van der Waals surface area contributed by atoms with Gasteiger partial charge in [-0.05, 0) is 42.3 Å². The summed E-state index contributed by atoms with van der Waals surface area (Å²) in [6, 6.07) is 10.2. The van der Waals surface area contributed by atoms with Gasteiger partial charge in [0.2, 0.25) is 0 Å². The summed E-state index contributed by atoms with van der Waals surface area (Å²) in [4.78, 5) is 11.5. The van der Waals surface area contributed by atoms with E-state index in [1.54, 1.807) is 31.2 Å². The lowest BCUT2D eigenvalue weighted by molar-refractivity contribution is 0.0526. The molecule has 0 unspecified atom stereocenters. The molecule has 0 aliphatic carbocycles. The predicted molar refractivity (Wildman–Crippen MR) is 67.8 cm³/mol. The van der Waals surface area contributed by atoms with Gasteiger partial charge in [0.05, 0.1) is 12.2 Å². The van der Waals surface area contributed by atoms with E-state index in [4.69, 9.17) is 4.74 Å². The normalized spacial score (nSPS) is 10.3. The summed E-state index contributed by atoms with van der Waals surface area (Å²) in [6.45, 7) is 2.04. The van der Waals surface area contributed by atoms with Gasteiger partial charge in [0.25, 0.3) is 0 Å². The predicted octanol–water partition coefficient (Wildman–Crippen LogP) is 3.81. The van der Waals surface area contributed by atoms with Crippen molar-refractivity contribution < 1.29 is 18.3 Å². The monoisotopic (exact) mass is 262 g/mol. The van der Waals surface area contributed by atoms with Crippen molar-refractivity contribution in [3.8, 4) is 11.1 Å². The molecule has 2 aromatic carbocycles. The first kappa shape index (κ1) is 13.2. The number of carbonyl (C=O) groups is 1. The molecule has 2 aromatic rings. The molecule has 0 aliphatic heterocycles. The van der Waals surface area contributed by atoms with Crippen LogP contribution in [0.15, 0.2) is 42.5 Å². The lowest BCUT2D eigenvalue weighted by Gasteiger charge is -2.05. The van der Waals surface area contributed by atoms with Crippen LogP contribution >= 0.6 is 0 Å². The van der Waals surface area contributed by atoms with Crippen LogP contribution in [0.1, 0.15) is 17.3 Å². The van der Waals surface area contributed by atoms with E-state index in [9.17, 15) is 13.6 Å². The fourth-order valence-corrected chi connectivity index (χ4v) is 1.69. The van der Waals surface area contributed by atoms with Crippen LogP contribution in [0, 0.1) is 11.6 Å². The first-order chi connectivity index (χ1) is 9.11. The minimum atomic E-state index is -0.896. The molecule has 0 aliphatic rings. The van der Waals surface area contributed by atoms with Crippen molar-refractivity contribution in [1.82, 2.24) is 0 Å². The Morgan fingerprint density at radius 1 is 1.00 bits per heavy atom. The van der Waals surface area contributed by atoms with Gasteiger partial charge in [0.1, 0.15) is 0 Å². The number of rotatable bonds is 3. The molecule has 4 heteroatoms. The Morgan fingerprint density at radius 3 is 2.21 bits per heavy atom. The van der Waals surface area contributed by atoms with Crippen LogP contribution in [0.2, 0.25) is 0 Å². The molecule has 0 heterocycles. The maximum Gasteiger partial charge on any atom is 0.338 e. The number of hydrogen-bond donors (Lipinski definition) is 0. The Balaban J connectivity index is 2.27. The van der Waals surface area contributed by atoms with Crippen LogP contribution in [-0.2, 0) is 4.74 Å². The van der Waals surface area contributed by atoms with Crippen LogP contribution in [0.3, 0.4) is 0 Å². The van der Waals surface area contributed by atoms with Crippen LogP contribution < -0.4 is 0 Å². The molecule has 2 rings (SSSR count). The second-order valence-electron chi connectivity index (χ2n) is 3.93. The molecule has 19 heavy (non-hydrogen) atoms. The molecule has 0 N–H and O–H groups in total. The molecule has 0 saturated carbocycles. The maximum absolute atomic E-state index is 13.1. The molecular weight excluding hydrogens is 250 g/mol. The number of hydrogen-bond acceptors (Lipinski definition) is 2. The van der Waals surface area contributed by atoms with Crippen molar-refractivity contribution in [2.24, 2.45) is 0 Å². The fraction of sp³-hybridized carbons (Fsp3) is 0.133. The molecule has 98 valence electrons. The number of carbonyl (C=O) groups excluding carboxylic acids is 1. The van der Waals surface area contributed by atoms with E-state index in [1.807, 2.05) is 0 Å². The molecule has 2 nitrogen and oxygen atoms in total. The quantitative estimate of drug-likeness (QED) is 0.786. The molecule has 0 fully saturated rings. The maximum atomic E-state index is 13.1. The lowest BCUT2D eigenvalue weighted by Crippen LogP contribution is -2.04. The summed E-state index contributed by atoms with van der Waals surface area (Å²) in [6.07, 6.45) is 0. The third-order valence-corrected chi connectivity index (χ3v) is 2.65. The van der Waals surface area contributed by atoms with Crippen LogP contribution in [0.4, 0.5) is 8.78 Å². The van der Waals surface area contributed by atoms with E-state index < -0.39 is 17.6 Å². The summed E-state index contributed by atoms with van der Waals surface area (Å²) in [5.41, 5.74) is 1.68. The number of benzene rings is 2. The molecule has 0 bridgehead atoms. The first-order valence-corrected chi connectivity index (χ1v) is 5.84. The highest BCUT2D eigenvalue weighted by atomic mass is 19.2. The van der Waals surface area contributed by atoms with Crippen molar-refractivity contribution in [3.63, 3.8) is 0 Å². The number of ether oxygens (including phenoxy) is 1. The summed E-state index contributed by atoms with van der Waals surface area (Å²) in [5, 5.41) is 0. The Kier molecular flexibility index (Phi) is 3.90. The van der Waals surface area contributed by atoms with Crippen LogP contribution in [-0.4, -0.2) is 12.6 Å². The van der Waals surface area contributed by atoms with Gasteiger partial charge in [0.15, 0.2) is 11.6 Å². The topological polar surface area (TPSA) is 26.3 Å². The van der Waals surface area contributed by atoms with E-state index in [2.05, 4.69) is 0 Å². The standard InChI is InChI=1S/C15H12F2O2/c1-2-19-15(18)11-5-3-10(4-6-11)12-7-8-13(16)14(17)9-12/h3-9H,2H2,1H3. The van der Waals surface area contributed by atoms with Crippen molar-refractivity contribution in [2.75, 3.05) is 6.61 Å². The van der Waals surface area contributed by atoms with Crippen molar-refractivity contribution in [3.05, 3.63) is 59.7 Å². The fourth-order valence-electron chi connectivity index (χ4n) is 1.69. The van der Waals surface area contributed by atoms with Gasteiger partial charge in [-0.3, -0.25) is 0 Å². The van der Waals surface area contributed by atoms with Gasteiger partial charge < -0.3 is 4.74 Å². The highest BCUT2D eigenvalue weighted by Crippen LogP contribution is 2.22. The molecule has 0 radical (unpaired) electrons. The highest BCUT2D eigenvalue weighted by molar-refractivity contribution is 5.90. The average molecular weight is 262 g/mol. The van der Waals surface area contributed by atoms with E-state index in [1.165, 1.54) is 6.07 Å². The number of halogens is 2. The highest BCUT2D eigenvalue weighted by Gasteiger charge is 2.08. The van der Waals surface area contributed by atoms with Gasteiger partial charge in [-0.2, -0.15) is 0 Å². The molecular formula is C15H12F2O2. The third-order valence-electron chi connectivity index (χ3n) is 2.65. The Bertz CT molecular complexity index is 592. The zero-order valence-electron chi connectivity index (χ0n) is 10.3. The minimum absolute atomic E-state index is 0.309. The third kappa shape index (κ3) is 2.96. The molecule has 0 amide bonds. The largest absolute Gasteiger partial charge is 0.462 e. The van der Waals surface area contributed by atoms with Crippen molar-refractivity contribution >= 4 is 5.97 Å². The Morgan fingerprint density at radius 2 is 1.63 bits per heavy atom. The second-order valence-corrected chi connectivity index (χ2v) is 3.93.